The third-order valence-corrected chi connectivity index (χ3v) is 3.79. The van der Waals surface area contributed by atoms with E-state index in [9.17, 15) is 0 Å². The lowest BCUT2D eigenvalue weighted by atomic mass is 10.1. The number of hydrogen-bond acceptors (Lipinski definition) is 4. The van der Waals surface area contributed by atoms with E-state index in [2.05, 4.69) is 28.4 Å². The van der Waals surface area contributed by atoms with Gasteiger partial charge in [-0.1, -0.05) is 55.6 Å². The van der Waals surface area contributed by atoms with Gasteiger partial charge in [-0.2, -0.15) is 0 Å². The molecule has 0 spiro atoms. The van der Waals surface area contributed by atoms with E-state index in [0.717, 1.165) is 27.7 Å². The number of aromatic nitrogens is 2. The van der Waals surface area contributed by atoms with E-state index in [1.165, 1.54) is 0 Å². The summed E-state index contributed by atoms with van der Waals surface area (Å²) in [6.45, 7) is 7.57. The SMILES string of the molecule is C=CC(=C)Nc1nc(-c2ccccc2)c2oc3ccccc3c2n1. The number of nitrogens with zero attached hydrogens (tertiary/aromatic N) is 2. The van der Waals surface area contributed by atoms with Crippen LogP contribution in [-0.4, -0.2) is 9.97 Å². The van der Waals surface area contributed by atoms with Crippen LogP contribution in [0.4, 0.5) is 5.95 Å². The van der Waals surface area contributed by atoms with Crippen LogP contribution in [0.3, 0.4) is 0 Å². The van der Waals surface area contributed by atoms with Crippen molar-refractivity contribution >= 4 is 28.0 Å². The first-order chi connectivity index (χ1) is 11.8. The second-order valence-electron chi connectivity index (χ2n) is 5.39. The summed E-state index contributed by atoms with van der Waals surface area (Å²) < 4.78 is 6.03. The normalized spacial score (nSPS) is 10.8. The molecule has 0 aliphatic heterocycles. The number of furan rings is 1. The lowest BCUT2D eigenvalue weighted by molar-refractivity contribution is 0.667. The maximum Gasteiger partial charge on any atom is 0.228 e. The highest BCUT2D eigenvalue weighted by Gasteiger charge is 2.16. The lowest BCUT2D eigenvalue weighted by Crippen LogP contribution is -2.01. The number of hydrogen-bond donors (Lipinski definition) is 1. The van der Waals surface area contributed by atoms with Crippen LogP contribution >= 0.6 is 0 Å². The van der Waals surface area contributed by atoms with Crippen molar-refractivity contribution in [2.24, 2.45) is 0 Å². The molecule has 1 N–H and O–H groups in total. The second kappa shape index (κ2) is 5.66. The molecule has 0 saturated heterocycles. The molecule has 24 heavy (non-hydrogen) atoms. The summed E-state index contributed by atoms with van der Waals surface area (Å²) in [5, 5.41) is 4.03. The van der Waals surface area contributed by atoms with Crippen LogP contribution in [-0.2, 0) is 0 Å². The molecular formula is C20H15N3O. The molecule has 4 rings (SSSR count). The maximum absolute atomic E-state index is 6.03. The first kappa shape index (κ1) is 14.2. The lowest BCUT2D eigenvalue weighted by Gasteiger charge is -2.07. The summed E-state index contributed by atoms with van der Waals surface area (Å²) in [6.07, 6.45) is 1.63. The predicted molar refractivity (Wildman–Crippen MR) is 97.7 cm³/mol. The smallest absolute Gasteiger partial charge is 0.228 e. The molecule has 0 atom stereocenters. The highest BCUT2D eigenvalue weighted by atomic mass is 16.3. The van der Waals surface area contributed by atoms with Gasteiger partial charge in [-0.25, -0.2) is 9.97 Å². The Balaban J connectivity index is 2.04. The third kappa shape index (κ3) is 2.34. The van der Waals surface area contributed by atoms with Crippen LogP contribution in [0, 0.1) is 0 Å². The van der Waals surface area contributed by atoms with Crippen molar-refractivity contribution in [3.8, 4) is 11.3 Å². The summed E-state index contributed by atoms with van der Waals surface area (Å²) in [6, 6.07) is 17.8. The molecule has 0 unspecified atom stereocenters. The zero-order chi connectivity index (χ0) is 16.5. The van der Waals surface area contributed by atoms with E-state index in [0.29, 0.717) is 17.2 Å². The molecule has 0 fully saturated rings. The van der Waals surface area contributed by atoms with Crippen LogP contribution < -0.4 is 5.32 Å². The van der Waals surface area contributed by atoms with Crippen molar-refractivity contribution in [2.75, 3.05) is 5.32 Å². The van der Waals surface area contributed by atoms with Gasteiger partial charge in [0.15, 0.2) is 5.58 Å². The third-order valence-electron chi connectivity index (χ3n) is 3.79. The minimum atomic E-state index is 0.470. The Labute approximate surface area is 139 Å². The van der Waals surface area contributed by atoms with E-state index in [1.807, 2.05) is 54.6 Å². The van der Waals surface area contributed by atoms with Gasteiger partial charge in [-0.3, -0.25) is 0 Å². The van der Waals surface area contributed by atoms with E-state index in [4.69, 9.17) is 4.42 Å². The fourth-order valence-corrected chi connectivity index (χ4v) is 2.63. The Morgan fingerprint density at radius 3 is 2.54 bits per heavy atom. The summed E-state index contributed by atoms with van der Waals surface area (Å²) in [5.74, 6) is 0.470. The van der Waals surface area contributed by atoms with Crippen molar-refractivity contribution in [1.29, 1.82) is 0 Å². The molecule has 0 aliphatic carbocycles. The summed E-state index contributed by atoms with van der Waals surface area (Å²) in [4.78, 5) is 9.24. The molecule has 0 aliphatic rings. The minimum absolute atomic E-state index is 0.470. The largest absolute Gasteiger partial charge is 0.452 e. The number of allylic oxidation sites excluding steroid dienone is 1. The molecule has 4 aromatic rings. The minimum Gasteiger partial charge on any atom is -0.452 e. The van der Waals surface area contributed by atoms with Crippen molar-refractivity contribution in [3.05, 3.63) is 79.5 Å². The molecule has 2 aromatic heterocycles. The van der Waals surface area contributed by atoms with Crippen LogP contribution in [0.2, 0.25) is 0 Å². The quantitative estimate of drug-likeness (QED) is 0.529. The van der Waals surface area contributed by atoms with E-state index in [-0.39, 0.29) is 0 Å². The summed E-state index contributed by atoms with van der Waals surface area (Å²) in [7, 11) is 0. The van der Waals surface area contributed by atoms with E-state index >= 15 is 0 Å². The highest BCUT2D eigenvalue weighted by Crippen LogP contribution is 2.34. The molecule has 116 valence electrons. The molecule has 2 aromatic carbocycles. The number of rotatable bonds is 4. The van der Waals surface area contributed by atoms with Gasteiger partial charge in [0, 0.05) is 16.6 Å². The fourth-order valence-electron chi connectivity index (χ4n) is 2.63. The van der Waals surface area contributed by atoms with Crippen LogP contribution in [0.1, 0.15) is 0 Å². The molecule has 0 radical (unpaired) electrons. The Morgan fingerprint density at radius 1 is 1.00 bits per heavy atom. The molecule has 2 heterocycles. The van der Waals surface area contributed by atoms with Gasteiger partial charge in [0.1, 0.15) is 16.8 Å². The Hall–Kier alpha value is -3.40. The zero-order valence-electron chi connectivity index (χ0n) is 13.0. The number of para-hydroxylation sites is 1. The van der Waals surface area contributed by atoms with Gasteiger partial charge in [0.2, 0.25) is 5.95 Å². The number of nitrogens with one attached hydrogen (secondary N) is 1. The number of benzene rings is 2. The standard InChI is InChI=1S/C20H15N3O/c1-3-13(2)21-20-22-17(14-9-5-4-6-10-14)19-18(23-20)15-11-7-8-12-16(15)24-19/h3-12H,1-2H2,(H,21,22,23). The average Bonchev–Trinajstić information content (AvgIpc) is 3.00. The second-order valence-corrected chi connectivity index (χ2v) is 5.39. The molecule has 0 amide bonds. The first-order valence-electron chi connectivity index (χ1n) is 7.59. The van der Waals surface area contributed by atoms with Gasteiger partial charge in [-0.05, 0) is 18.2 Å². The van der Waals surface area contributed by atoms with Crippen LogP contribution in [0.15, 0.2) is 83.9 Å². The van der Waals surface area contributed by atoms with Gasteiger partial charge in [0.05, 0.1) is 0 Å². The van der Waals surface area contributed by atoms with Crippen LogP contribution in [0.5, 0.6) is 0 Å². The maximum atomic E-state index is 6.03. The Morgan fingerprint density at radius 2 is 1.75 bits per heavy atom. The van der Waals surface area contributed by atoms with Gasteiger partial charge in [0.25, 0.3) is 0 Å². The van der Waals surface area contributed by atoms with Gasteiger partial charge < -0.3 is 9.73 Å². The van der Waals surface area contributed by atoms with E-state index in [1.54, 1.807) is 6.08 Å². The topological polar surface area (TPSA) is 51.0 Å². The molecular weight excluding hydrogens is 298 g/mol. The molecule has 0 bridgehead atoms. The van der Waals surface area contributed by atoms with Crippen molar-refractivity contribution in [1.82, 2.24) is 9.97 Å². The van der Waals surface area contributed by atoms with Gasteiger partial charge >= 0.3 is 0 Å². The van der Waals surface area contributed by atoms with Crippen molar-refractivity contribution in [3.63, 3.8) is 0 Å². The van der Waals surface area contributed by atoms with Crippen molar-refractivity contribution < 1.29 is 4.42 Å². The zero-order valence-corrected chi connectivity index (χ0v) is 13.0. The van der Waals surface area contributed by atoms with Crippen molar-refractivity contribution in [2.45, 2.75) is 0 Å². The summed E-state index contributed by atoms with van der Waals surface area (Å²) in [5.41, 5.74) is 4.60. The number of anilines is 1. The Bertz CT molecular complexity index is 1060. The Kier molecular flexibility index (Phi) is 3.35. The highest BCUT2D eigenvalue weighted by molar-refractivity contribution is 6.06. The number of fused-ring (bicyclic) bond motifs is 3. The predicted octanol–water partition coefficient (Wildman–Crippen LogP) is 5.15. The fraction of sp³-hybridized carbons (Fsp3) is 0. The molecule has 4 heteroatoms. The average molecular weight is 313 g/mol. The summed E-state index contributed by atoms with van der Waals surface area (Å²) >= 11 is 0. The van der Waals surface area contributed by atoms with Gasteiger partial charge in [-0.15, -0.1) is 0 Å². The van der Waals surface area contributed by atoms with E-state index < -0.39 is 0 Å². The molecule has 0 saturated carbocycles. The molecule has 4 nitrogen and oxygen atoms in total. The first-order valence-corrected chi connectivity index (χ1v) is 7.59. The van der Waals surface area contributed by atoms with Crippen LogP contribution in [0.25, 0.3) is 33.3 Å². The monoisotopic (exact) mass is 313 g/mol.